The monoisotopic (exact) mass is 360 g/mol. The van der Waals surface area contributed by atoms with E-state index in [1.54, 1.807) is 23.1 Å². The van der Waals surface area contributed by atoms with Gasteiger partial charge in [-0.2, -0.15) is 0 Å². The fourth-order valence-corrected chi connectivity index (χ4v) is 2.92. The molecule has 1 fully saturated rings. The van der Waals surface area contributed by atoms with Crippen LogP contribution in [0.15, 0.2) is 33.5 Å². The molecule has 1 aliphatic heterocycles. The van der Waals surface area contributed by atoms with E-state index in [0.717, 1.165) is 13.1 Å². The predicted molar refractivity (Wildman–Crippen MR) is 97.9 cm³/mol. The smallest absolute Gasteiger partial charge is 0.289 e. The largest absolute Gasteiger partial charge is 0.490 e. The van der Waals surface area contributed by atoms with Crippen LogP contribution in [0.3, 0.4) is 0 Å². The number of fused-ring (bicyclic) bond motifs is 1. The van der Waals surface area contributed by atoms with E-state index < -0.39 is 0 Å². The molecule has 7 heteroatoms. The van der Waals surface area contributed by atoms with Crippen molar-refractivity contribution in [2.75, 3.05) is 53.0 Å². The van der Waals surface area contributed by atoms with Crippen molar-refractivity contribution in [3.63, 3.8) is 0 Å². The molecule has 26 heavy (non-hydrogen) atoms. The molecule has 1 saturated heterocycles. The summed E-state index contributed by atoms with van der Waals surface area (Å²) < 4.78 is 16.6. The van der Waals surface area contributed by atoms with Crippen LogP contribution in [0.4, 0.5) is 0 Å². The zero-order valence-electron chi connectivity index (χ0n) is 15.2. The van der Waals surface area contributed by atoms with E-state index in [-0.39, 0.29) is 17.1 Å². The first-order valence-electron chi connectivity index (χ1n) is 8.85. The molecule has 2 heterocycles. The Labute approximate surface area is 152 Å². The van der Waals surface area contributed by atoms with Crippen molar-refractivity contribution >= 4 is 16.9 Å². The number of likely N-dealkylation sites (N-methyl/N-ethyl adjacent to an activating group) is 1. The van der Waals surface area contributed by atoms with Gasteiger partial charge in [-0.3, -0.25) is 9.59 Å². The molecule has 140 valence electrons. The predicted octanol–water partition coefficient (Wildman–Crippen LogP) is 1.60. The van der Waals surface area contributed by atoms with Crippen molar-refractivity contribution in [1.29, 1.82) is 0 Å². The van der Waals surface area contributed by atoms with Crippen LogP contribution >= 0.6 is 0 Å². The number of nitrogens with zero attached hydrogens (tertiary/aromatic N) is 2. The quantitative estimate of drug-likeness (QED) is 0.729. The number of carbonyl (C=O) groups excluding carboxylic acids is 1. The van der Waals surface area contributed by atoms with Crippen molar-refractivity contribution in [3.05, 3.63) is 40.2 Å². The zero-order valence-corrected chi connectivity index (χ0v) is 15.2. The van der Waals surface area contributed by atoms with Gasteiger partial charge in [0.15, 0.2) is 11.2 Å². The molecule has 1 aliphatic rings. The standard InChI is InChI=1S/C19H24N2O5/c1-3-24-11-12-25-15-5-4-6-16-18(15)14(22)13-17(26-16)19(23)21-9-7-20(2)8-10-21/h4-6,13H,3,7-12H2,1-2H3. The van der Waals surface area contributed by atoms with Crippen molar-refractivity contribution in [2.45, 2.75) is 6.92 Å². The summed E-state index contributed by atoms with van der Waals surface area (Å²) in [6, 6.07) is 6.39. The van der Waals surface area contributed by atoms with Gasteiger partial charge in [-0.25, -0.2) is 0 Å². The van der Waals surface area contributed by atoms with E-state index >= 15 is 0 Å². The Bertz CT molecular complexity index is 824. The van der Waals surface area contributed by atoms with Crippen LogP contribution in [0, 0.1) is 0 Å². The lowest BCUT2D eigenvalue weighted by atomic mass is 10.2. The molecule has 0 radical (unpaired) electrons. The Morgan fingerprint density at radius 2 is 1.96 bits per heavy atom. The molecule has 0 aliphatic carbocycles. The second-order valence-electron chi connectivity index (χ2n) is 6.25. The summed E-state index contributed by atoms with van der Waals surface area (Å²) in [6.07, 6.45) is 0. The van der Waals surface area contributed by atoms with Gasteiger partial charge in [0, 0.05) is 38.9 Å². The van der Waals surface area contributed by atoms with Crippen molar-refractivity contribution < 1.29 is 18.7 Å². The number of benzene rings is 1. The summed E-state index contributed by atoms with van der Waals surface area (Å²) in [7, 11) is 2.02. The highest BCUT2D eigenvalue weighted by Gasteiger charge is 2.23. The summed E-state index contributed by atoms with van der Waals surface area (Å²) in [5, 5.41) is 0.346. The highest BCUT2D eigenvalue weighted by Crippen LogP contribution is 2.24. The van der Waals surface area contributed by atoms with Crippen LogP contribution in [0.1, 0.15) is 17.5 Å². The van der Waals surface area contributed by atoms with Crippen molar-refractivity contribution in [1.82, 2.24) is 9.80 Å². The number of piperazine rings is 1. The van der Waals surface area contributed by atoms with Gasteiger partial charge >= 0.3 is 0 Å². The van der Waals surface area contributed by atoms with Crippen molar-refractivity contribution in [2.24, 2.45) is 0 Å². The number of amides is 1. The maximum Gasteiger partial charge on any atom is 0.289 e. The Hall–Kier alpha value is -2.38. The third-order valence-electron chi connectivity index (χ3n) is 4.41. The number of hydrogen-bond donors (Lipinski definition) is 0. The van der Waals surface area contributed by atoms with E-state index in [1.807, 2.05) is 14.0 Å². The van der Waals surface area contributed by atoms with E-state index in [1.165, 1.54) is 6.07 Å². The van der Waals surface area contributed by atoms with Gasteiger partial charge in [0.25, 0.3) is 5.91 Å². The molecule has 0 bridgehead atoms. The van der Waals surface area contributed by atoms with Gasteiger partial charge < -0.3 is 23.7 Å². The zero-order chi connectivity index (χ0) is 18.5. The maximum atomic E-state index is 12.7. The molecule has 0 unspecified atom stereocenters. The average Bonchev–Trinajstić information content (AvgIpc) is 2.65. The lowest BCUT2D eigenvalue weighted by Gasteiger charge is -2.31. The van der Waals surface area contributed by atoms with Gasteiger partial charge in [0.05, 0.1) is 6.61 Å². The number of rotatable bonds is 6. The van der Waals surface area contributed by atoms with Crippen LogP contribution < -0.4 is 10.2 Å². The normalized spacial score (nSPS) is 15.4. The van der Waals surface area contributed by atoms with Crippen LogP contribution in [0.5, 0.6) is 5.75 Å². The summed E-state index contributed by atoms with van der Waals surface area (Å²) in [6.45, 7) is 6.16. The fourth-order valence-electron chi connectivity index (χ4n) is 2.92. The third-order valence-corrected chi connectivity index (χ3v) is 4.41. The van der Waals surface area contributed by atoms with E-state index in [4.69, 9.17) is 13.9 Å². The van der Waals surface area contributed by atoms with Crippen LogP contribution in [-0.4, -0.2) is 68.8 Å². The average molecular weight is 360 g/mol. The van der Waals surface area contributed by atoms with Crippen LogP contribution in [-0.2, 0) is 4.74 Å². The first-order valence-corrected chi connectivity index (χ1v) is 8.85. The van der Waals surface area contributed by atoms with Gasteiger partial charge in [-0.05, 0) is 26.1 Å². The molecule has 2 aromatic rings. The lowest BCUT2D eigenvalue weighted by Crippen LogP contribution is -2.47. The molecule has 3 rings (SSSR count). The van der Waals surface area contributed by atoms with E-state index in [9.17, 15) is 9.59 Å². The highest BCUT2D eigenvalue weighted by molar-refractivity contribution is 5.94. The first kappa shape index (κ1) is 18.4. The number of hydrogen-bond acceptors (Lipinski definition) is 6. The maximum absolute atomic E-state index is 12.7. The molecular formula is C19H24N2O5. The molecule has 0 N–H and O–H groups in total. The SMILES string of the molecule is CCOCCOc1cccc2oc(C(=O)N3CCN(C)CC3)cc(=O)c12. The number of ether oxygens (including phenoxy) is 2. The minimum Gasteiger partial charge on any atom is -0.490 e. The summed E-state index contributed by atoms with van der Waals surface area (Å²) in [4.78, 5) is 29.1. The highest BCUT2D eigenvalue weighted by atomic mass is 16.5. The van der Waals surface area contributed by atoms with Crippen LogP contribution in [0.25, 0.3) is 11.0 Å². The summed E-state index contributed by atoms with van der Waals surface area (Å²) in [5.74, 6) is 0.257. The van der Waals surface area contributed by atoms with Gasteiger partial charge in [-0.15, -0.1) is 0 Å². The molecule has 1 aromatic carbocycles. The van der Waals surface area contributed by atoms with Gasteiger partial charge in [0.1, 0.15) is 23.3 Å². The molecule has 0 atom stereocenters. The molecule has 1 aromatic heterocycles. The molecule has 7 nitrogen and oxygen atoms in total. The Kier molecular flexibility index (Phi) is 5.90. The number of carbonyl (C=O) groups is 1. The second-order valence-corrected chi connectivity index (χ2v) is 6.25. The summed E-state index contributed by atoms with van der Waals surface area (Å²) in [5.41, 5.74) is 0.0691. The van der Waals surface area contributed by atoms with Crippen LogP contribution in [0.2, 0.25) is 0 Å². The first-order chi connectivity index (χ1) is 12.6. The van der Waals surface area contributed by atoms with E-state index in [2.05, 4.69) is 4.90 Å². The minimum absolute atomic E-state index is 0.0681. The summed E-state index contributed by atoms with van der Waals surface area (Å²) >= 11 is 0. The van der Waals surface area contributed by atoms with Crippen molar-refractivity contribution in [3.8, 4) is 5.75 Å². The fraction of sp³-hybridized carbons (Fsp3) is 0.474. The Morgan fingerprint density at radius 1 is 1.19 bits per heavy atom. The molecular weight excluding hydrogens is 336 g/mol. The molecule has 0 saturated carbocycles. The molecule has 0 spiro atoms. The van der Waals surface area contributed by atoms with Gasteiger partial charge in [-0.1, -0.05) is 6.07 Å². The molecule has 1 amide bonds. The van der Waals surface area contributed by atoms with E-state index in [0.29, 0.717) is 49.6 Å². The third kappa shape index (κ3) is 4.05. The topological polar surface area (TPSA) is 72.2 Å². The second kappa shape index (κ2) is 8.33. The minimum atomic E-state index is -0.282. The Balaban J connectivity index is 1.84. The van der Waals surface area contributed by atoms with Gasteiger partial charge in [0.2, 0.25) is 0 Å². The Morgan fingerprint density at radius 3 is 2.69 bits per heavy atom. The lowest BCUT2D eigenvalue weighted by molar-refractivity contribution is 0.0633.